The van der Waals surface area contributed by atoms with Crippen molar-refractivity contribution in [2.75, 3.05) is 10.6 Å². The van der Waals surface area contributed by atoms with Gasteiger partial charge in [-0.3, -0.25) is 58.1 Å². The van der Waals surface area contributed by atoms with Crippen molar-refractivity contribution in [3.8, 4) is 0 Å². The number of imide groups is 2. The van der Waals surface area contributed by atoms with Crippen molar-refractivity contribution >= 4 is 68.6 Å². The van der Waals surface area contributed by atoms with E-state index in [0.29, 0.717) is 0 Å². The van der Waals surface area contributed by atoms with Crippen LogP contribution in [-0.4, -0.2) is 54.5 Å². The van der Waals surface area contributed by atoms with Crippen LogP contribution in [0.5, 0.6) is 0 Å². The number of nitrogens with one attached hydrogen (secondary N) is 4. The number of hydrogen-bond donors (Lipinski definition) is 4. The highest BCUT2D eigenvalue weighted by atomic mass is 16.2. The lowest BCUT2D eigenvalue weighted by molar-refractivity contribution is -0.137. The molecule has 0 bridgehead atoms. The molecule has 5 aromatic rings. The van der Waals surface area contributed by atoms with E-state index in [0.717, 1.165) is 0 Å². The van der Waals surface area contributed by atoms with E-state index in [1.54, 1.807) is 38.1 Å². The fourth-order valence-electron chi connectivity index (χ4n) is 6.61. The predicted octanol–water partition coefficient (Wildman–Crippen LogP) is 2.18. The summed E-state index contributed by atoms with van der Waals surface area (Å²) in [4.78, 5) is 111. The number of rotatable bonds is 6. The smallest absolute Gasteiger partial charge is 0.262 e. The lowest BCUT2D eigenvalue weighted by Crippen LogP contribution is -2.45. The quantitative estimate of drug-likeness (QED) is 0.189. The molecule has 0 saturated carbocycles. The Hall–Kier alpha value is -6.84. The molecule has 2 aromatic heterocycles. The van der Waals surface area contributed by atoms with Crippen LogP contribution in [0.3, 0.4) is 0 Å². The van der Waals surface area contributed by atoms with Gasteiger partial charge in [-0.2, -0.15) is 0 Å². The van der Waals surface area contributed by atoms with Gasteiger partial charge in [0.1, 0.15) is 34.8 Å². The molecule has 262 valence electrons. The topological polar surface area (TPSA) is 220 Å². The predicted molar refractivity (Wildman–Crippen MR) is 187 cm³/mol. The number of carbonyl (C=O) groups excluding carboxylic acids is 6. The number of para-hydroxylation sites is 2. The van der Waals surface area contributed by atoms with Crippen molar-refractivity contribution in [3.05, 3.63) is 104 Å². The second kappa shape index (κ2) is 13.1. The summed E-state index contributed by atoms with van der Waals surface area (Å²) in [6, 6.07) is 13.4. The molecule has 2 aliphatic heterocycles. The Morgan fingerprint density at radius 3 is 1.37 bits per heavy atom. The number of hydrogen-bond acceptors (Lipinski definition) is 10. The van der Waals surface area contributed by atoms with Gasteiger partial charge in [0.05, 0.1) is 22.1 Å². The highest BCUT2D eigenvalue weighted by Gasteiger charge is 2.32. The van der Waals surface area contributed by atoms with Gasteiger partial charge in [-0.25, -0.2) is 9.97 Å². The van der Waals surface area contributed by atoms with E-state index in [1.165, 1.54) is 45.5 Å². The average Bonchev–Trinajstić information content (AvgIpc) is 3.11. The van der Waals surface area contributed by atoms with Gasteiger partial charge in [0.25, 0.3) is 22.9 Å². The lowest BCUT2D eigenvalue weighted by Gasteiger charge is -2.24. The van der Waals surface area contributed by atoms with Crippen molar-refractivity contribution in [3.63, 3.8) is 0 Å². The van der Waals surface area contributed by atoms with Crippen molar-refractivity contribution < 1.29 is 28.8 Å². The molecule has 4 N–H and O–H groups in total. The van der Waals surface area contributed by atoms with Crippen LogP contribution in [-0.2, 0) is 19.2 Å². The summed E-state index contributed by atoms with van der Waals surface area (Å²) >= 11 is 0. The molecule has 2 unspecified atom stereocenters. The number of fused-ring (bicyclic) bond motifs is 2. The Balaban J connectivity index is 1.09. The van der Waals surface area contributed by atoms with Crippen LogP contribution in [0, 0.1) is 13.8 Å². The van der Waals surface area contributed by atoms with Crippen molar-refractivity contribution in [2.45, 2.75) is 51.6 Å². The van der Waals surface area contributed by atoms with Gasteiger partial charge in [-0.1, -0.05) is 12.1 Å². The molecule has 52 heavy (non-hydrogen) atoms. The fourth-order valence-corrected chi connectivity index (χ4v) is 6.61. The second-order valence-corrected chi connectivity index (χ2v) is 12.5. The summed E-state index contributed by atoms with van der Waals surface area (Å²) in [6.07, 6.45) is 0.505. The van der Waals surface area contributed by atoms with Gasteiger partial charge < -0.3 is 10.6 Å². The monoisotopic (exact) mass is 702 g/mol. The molecule has 4 heterocycles. The summed E-state index contributed by atoms with van der Waals surface area (Å²) < 4.78 is 2.51. The number of anilines is 2. The zero-order valence-electron chi connectivity index (χ0n) is 27.8. The maximum Gasteiger partial charge on any atom is 0.262 e. The van der Waals surface area contributed by atoms with Gasteiger partial charge in [0, 0.05) is 24.0 Å². The highest BCUT2D eigenvalue weighted by Crippen LogP contribution is 2.26. The van der Waals surface area contributed by atoms with Gasteiger partial charge in [-0.15, -0.1) is 0 Å². The number of carbonyl (C=O) groups is 6. The first-order chi connectivity index (χ1) is 24.9. The average molecular weight is 703 g/mol. The van der Waals surface area contributed by atoms with E-state index in [-0.39, 0.29) is 81.6 Å². The summed E-state index contributed by atoms with van der Waals surface area (Å²) in [7, 11) is 0. The largest absolute Gasteiger partial charge is 0.320 e. The zero-order valence-corrected chi connectivity index (χ0v) is 27.8. The summed E-state index contributed by atoms with van der Waals surface area (Å²) in [6.45, 7) is 3.14. The van der Waals surface area contributed by atoms with Crippen LogP contribution in [0.1, 0.15) is 70.1 Å². The van der Waals surface area contributed by atoms with Gasteiger partial charge in [0.2, 0.25) is 23.6 Å². The maximum absolute atomic E-state index is 13.5. The third-order valence-electron chi connectivity index (χ3n) is 9.16. The Kier molecular flexibility index (Phi) is 8.49. The van der Waals surface area contributed by atoms with E-state index >= 15 is 0 Å². The molecule has 0 aliphatic carbocycles. The number of aryl methyl sites for hydroxylation is 2. The molecule has 7 rings (SSSR count). The van der Waals surface area contributed by atoms with Crippen LogP contribution in [0.15, 0.2) is 70.3 Å². The van der Waals surface area contributed by atoms with Crippen LogP contribution in [0.25, 0.3) is 21.8 Å². The normalized spacial score (nSPS) is 17.5. The first-order valence-corrected chi connectivity index (χ1v) is 16.3. The van der Waals surface area contributed by atoms with Crippen LogP contribution < -0.4 is 32.4 Å². The number of nitrogens with zero attached hydrogens (tertiary/aromatic N) is 4. The lowest BCUT2D eigenvalue weighted by atomic mass is 10.1. The van der Waals surface area contributed by atoms with Gasteiger partial charge in [-0.05, 0) is 75.2 Å². The summed E-state index contributed by atoms with van der Waals surface area (Å²) in [5.41, 5.74) is 0.407. The molecule has 2 atom stereocenters. The van der Waals surface area contributed by atoms with E-state index < -0.39 is 58.6 Å². The first-order valence-electron chi connectivity index (χ1n) is 16.3. The number of piperidine rings is 2. The summed E-state index contributed by atoms with van der Waals surface area (Å²) in [5, 5.41) is 10.4. The third-order valence-corrected chi connectivity index (χ3v) is 9.16. The van der Waals surface area contributed by atoms with E-state index in [1.807, 2.05) is 0 Å². The van der Waals surface area contributed by atoms with Gasteiger partial charge >= 0.3 is 0 Å². The number of benzene rings is 3. The van der Waals surface area contributed by atoms with Crippen molar-refractivity contribution in [1.82, 2.24) is 29.7 Å². The Labute approximate surface area is 293 Å². The Morgan fingerprint density at radius 2 is 1.00 bits per heavy atom. The molecule has 2 aliphatic rings. The number of amides is 6. The SMILES string of the molecule is Cc1nc2c(NC(=O)c3ccc(C(=O)Nc4cccc5c(=O)n(C6CCC(=O)NC6=O)c(C)nc45)cc3)cccc2c(=O)n1C1CCC(=O)NC1=O. The maximum atomic E-state index is 13.5. The molecule has 16 nitrogen and oxygen atoms in total. The van der Waals surface area contributed by atoms with E-state index in [4.69, 9.17) is 0 Å². The minimum absolute atomic E-state index is 0.0907. The van der Waals surface area contributed by atoms with Crippen molar-refractivity contribution in [2.24, 2.45) is 0 Å². The molecule has 6 amide bonds. The highest BCUT2D eigenvalue weighted by molar-refractivity contribution is 6.11. The van der Waals surface area contributed by atoms with Crippen molar-refractivity contribution in [1.29, 1.82) is 0 Å². The molecule has 0 radical (unpaired) electrons. The Morgan fingerprint density at radius 1 is 0.615 bits per heavy atom. The molecule has 2 saturated heterocycles. The third kappa shape index (κ3) is 5.99. The van der Waals surface area contributed by atoms with Crippen LogP contribution >= 0.6 is 0 Å². The minimum atomic E-state index is -0.891. The molecule has 3 aromatic carbocycles. The molecular weight excluding hydrogens is 672 g/mol. The van der Waals surface area contributed by atoms with E-state index in [9.17, 15) is 38.4 Å². The van der Waals surface area contributed by atoms with E-state index in [2.05, 4.69) is 31.2 Å². The summed E-state index contributed by atoms with van der Waals surface area (Å²) in [5.74, 6) is -2.56. The molecule has 0 spiro atoms. The second-order valence-electron chi connectivity index (χ2n) is 12.5. The molecule has 16 heteroatoms. The molecule has 2 fully saturated rings. The minimum Gasteiger partial charge on any atom is -0.320 e. The first kappa shape index (κ1) is 33.6. The number of aromatic nitrogens is 4. The molecular formula is C36H30N8O8. The van der Waals surface area contributed by atoms with Crippen LogP contribution in [0.2, 0.25) is 0 Å². The van der Waals surface area contributed by atoms with Gasteiger partial charge in [0.15, 0.2) is 0 Å². The van der Waals surface area contributed by atoms with Crippen LogP contribution in [0.4, 0.5) is 11.4 Å². The fraction of sp³-hybridized carbons (Fsp3) is 0.222. The zero-order chi connectivity index (χ0) is 36.8. The Bertz CT molecular complexity index is 2350. The standard InChI is InChI=1S/C36H30N8O8/c1-17-37-29-21(35(51)43(17)25-13-15-27(45)41-33(25)49)5-3-7-23(29)39-31(47)19-9-11-20(12-10-19)32(48)40-24-8-4-6-22-30(24)38-18(2)44(36(22)52)26-14-16-28(46)42-34(26)50/h3-12,25-26H,13-16H2,1-2H3,(H,39,47)(H,40,48)(H,41,45,49)(H,42,46,50).